The highest BCUT2D eigenvalue weighted by Gasteiger charge is 2.24. The number of nitrogens with zero attached hydrogens (tertiary/aromatic N) is 3. The van der Waals surface area contributed by atoms with Crippen molar-refractivity contribution in [3.05, 3.63) is 18.0 Å². The van der Waals surface area contributed by atoms with Gasteiger partial charge in [0.1, 0.15) is 0 Å². The zero-order valence-electron chi connectivity index (χ0n) is 12.4. The van der Waals surface area contributed by atoms with Crippen LogP contribution in [0.25, 0.3) is 11.0 Å². The summed E-state index contributed by atoms with van der Waals surface area (Å²) in [5.41, 5.74) is 3.01. The standard InChI is InChI=1S/C15H22N4O/c1-10-12-8-11(9-16-15(12)19(2)18-10)17-13-6-4-5-7-14(13)20-3/h8-9,13-14,17H,4-7H2,1-3H3. The molecule has 0 saturated heterocycles. The van der Waals surface area contributed by atoms with Crippen LogP contribution in [-0.4, -0.2) is 34.0 Å². The first-order valence-electron chi connectivity index (χ1n) is 7.27. The third-order valence-corrected chi connectivity index (χ3v) is 4.22. The monoisotopic (exact) mass is 274 g/mol. The average molecular weight is 274 g/mol. The fourth-order valence-electron chi connectivity index (χ4n) is 3.14. The molecule has 0 bridgehead atoms. The molecular weight excluding hydrogens is 252 g/mol. The van der Waals surface area contributed by atoms with E-state index < -0.39 is 0 Å². The fraction of sp³-hybridized carbons (Fsp3) is 0.600. The molecule has 1 saturated carbocycles. The number of anilines is 1. The normalized spacial score (nSPS) is 23.1. The summed E-state index contributed by atoms with van der Waals surface area (Å²) in [6, 6.07) is 2.52. The Morgan fingerprint density at radius 2 is 2.15 bits per heavy atom. The number of rotatable bonds is 3. The number of fused-ring (bicyclic) bond motifs is 1. The van der Waals surface area contributed by atoms with Crippen molar-refractivity contribution in [3.8, 4) is 0 Å². The van der Waals surface area contributed by atoms with Crippen LogP contribution in [0.4, 0.5) is 5.69 Å². The van der Waals surface area contributed by atoms with Gasteiger partial charge in [-0.2, -0.15) is 5.10 Å². The molecule has 0 amide bonds. The van der Waals surface area contributed by atoms with Gasteiger partial charge >= 0.3 is 0 Å². The molecule has 2 unspecified atom stereocenters. The SMILES string of the molecule is COC1CCCCC1Nc1cnc2c(c1)c(C)nn2C. The number of aromatic nitrogens is 3. The van der Waals surface area contributed by atoms with Gasteiger partial charge in [0.2, 0.25) is 0 Å². The molecular formula is C15H22N4O. The summed E-state index contributed by atoms with van der Waals surface area (Å²) in [6.45, 7) is 2.02. The molecule has 0 aliphatic heterocycles. The van der Waals surface area contributed by atoms with Gasteiger partial charge in [-0.05, 0) is 25.8 Å². The van der Waals surface area contributed by atoms with E-state index in [1.807, 2.05) is 24.9 Å². The first kappa shape index (κ1) is 13.4. The number of pyridine rings is 1. The minimum Gasteiger partial charge on any atom is -0.379 e. The topological polar surface area (TPSA) is 52.0 Å². The lowest BCUT2D eigenvalue weighted by Gasteiger charge is -2.31. The van der Waals surface area contributed by atoms with E-state index >= 15 is 0 Å². The molecule has 20 heavy (non-hydrogen) atoms. The molecule has 0 aromatic carbocycles. The van der Waals surface area contributed by atoms with Crippen LogP contribution in [0.3, 0.4) is 0 Å². The molecule has 5 nitrogen and oxygen atoms in total. The molecule has 2 aromatic rings. The van der Waals surface area contributed by atoms with Gasteiger partial charge in [-0.3, -0.25) is 4.68 Å². The maximum Gasteiger partial charge on any atom is 0.157 e. The molecule has 2 aromatic heterocycles. The maximum atomic E-state index is 5.59. The Kier molecular flexibility index (Phi) is 3.61. The summed E-state index contributed by atoms with van der Waals surface area (Å²) in [5, 5.41) is 9.11. The van der Waals surface area contributed by atoms with Gasteiger partial charge in [0.15, 0.2) is 5.65 Å². The first-order chi connectivity index (χ1) is 9.69. The Hall–Kier alpha value is -1.62. The molecule has 1 N–H and O–H groups in total. The van der Waals surface area contributed by atoms with Crippen molar-refractivity contribution in [2.45, 2.75) is 44.8 Å². The minimum absolute atomic E-state index is 0.300. The Morgan fingerprint density at radius 1 is 1.35 bits per heavy atom. The maximum absolute atomic E-state index is 5.59. The van der Waals surface area contributed by atoms with Gasteiger partial charge in [-0.1, -0.05) is 12.8 Å². The second-order valence-electron chi connectivity index (χ2n) is 5.61. The van der Waals surface area contributed by atoms with E-state index in [9.17, 15) is 0 Å². The van der Waals surface area contributed by atoms with Crippen molar-refractivity contribution in [1.29, 1.82) is 0 Å². The number of nitrogens with one attached hydrogen (secondary N) is 1. The second-order valence-corrected chi connectivity index (χ2v) is 5.61. The summed E-state index contributed by atoms with van der Waals surface area (Å²) < 4.78 is 7.42. The Morgan fingerprint density at radius 3 is 2.95 bits per heavy atom. The summed E-state index contributed by atoms with van der Waals surface area (Å²) in [6.07, 6.45) is 7.01. The number of hydrogen-bond acceptors (Lipinski definition) is 4. The van der Waals surface area contributed by atoms with Crippen LogP contribution < -0.4 is 5.32 Å². The van der Waals surface area contributed by atoms with Crippen LogP contribution in [0.15, 0.2) is 12.3 Å². The van der Waals surface area contributed by atoms with Crippen molar-refractivity contribution >= 4 is 16.7 Å². The van der Waals surface area contributed by atoms with Gasteiger partial charge in [0.05, 0.1) is 29.7 Å². The van der Waals surface area contributed by atoms with Gasteiger partial charge in [0.25, 0.3) is 0 Å². The van der Waals surface area contributed by atoms with Crippen LogP contribution in [0.5, 0.6) is 0 Å². The summed E-state index contributed by atoms with van der Waals surface area (Å²) in [5.74, 6) is 0. The molecule has 2 heterocycles. The van der Waals surface area contributed by atoms with Gasteiger partial charge in [-0.25, -0.2) is 4.98 Å². The van der Waals surface area contributed by atoms with E-state index in [1.165, 1.54) is 12.8 Å². The molecule has 1 fully saturated rings. The number of ether oxygens (including phenoxy) is 1. The average Bonchev–Trinajstić information content (AvgIpc) is 2.74. The predicted octanol–water partition coefficient (Wildman–Crippen LogP) is 2.65. The zero-order valence-corrected chi connectivity index (χ0v) is 12.4. The van der Waals surface area contributed by atoms with Crippen LogP contribution >= 0.6 is 0 Å². The Bertz CT molecular complexity index is 607. The van der Waals surface area contributed by atoms with E-state index in [2.05, 4.69) is 21.5 Å². The van der Waals surface area contributed by atoms with Gasteiger partial charge in [0, 0.05) is 19.5 Å². The lowest BCUT2D eigenvalue weighted by Crippen LogP contribution is -2.37. The molecule has 3 rings (SSSR count). The molecule has 0 spiro atoms. The van der Waals surface area contributed by atoms with Crippen molar-refractivity contribution < 1.29 is 4.74 Å². The number of methoxy groups -OCH3 is 1. The molecule has 5 heteroatoms. The summed E-state index contributed by atoms with van der Waals surface area (Å²) in [4.78, 5) is 4.52. The Labute approximate surface area is 119 Å². The lowest BCUT2D eigenvalue weighted by molar-refractivity contribution is 0.0606. The second kappa shape index (κ2) is 5.40. The predicted molar refractivity (Wildman–Crippen MR) is 79.9 cm³/mol. The van der Waals surface area contributed by atoms with E-state index in [0.717, 1.165) is 35.3 Å². The van der Waals surface area contributed by atoms with E-state index in [0.29, 0.717) is 12.1 Å². The molecule has 2 atom stereocenters. The van der Waals surface area contributed by atoms with Crippen LogP contribution in [-0.2, 0) is 11.8 Å². The third-order valence-electron chi connectivity index (χ3n) is 4.22. The molecule has 108 valence electrons. The molecule has 0 radical (unpaired) electrons. The van der Waals surface area contributed by atoms with Gasteiger partial charge < -0.3 is 10.1 Å². The smallest absolute Gasteiger partial charge is 0.157 e. The minimum atomic E-state index is 0.300. The third kappa shape index (κ3) is 2.38. The van der Waals surface area contributed by atoms with Crippen molar-refractivity contribution in [2.24, 2.45) is 7.05 Å². The summed E-state index contributed by atoms with van der Waals surface area (Å²) in [7, 11) is 3.73. The number of hydrogen-bond donors (Lipinski definition) is 1. The highest BCUT2D eigenvalue weighted by atomic mass is 16.5. The first-order valence-corrected chi connectivity index (χ1v) is 7.27. The summed E-state index contributed by atoms with van der Waals surface area (Å²) >= 11 is 0. The lowest BCUT2D eigenvalue weighted by atomic mass is 9.92. The quantitative estimate of drug-likeness (QED) is 0.935. The van der Waals surface area contributed by atoms with E-state index in [4.69, 9.17) is 4.74 Å². The molecule has 1 aliphatic rings. The van der Waals surface area contributed by atoms with Crippen molar-refractivity contribution in [3.63, 3.8) is 0 Å². The molecule has 1 aliphatic carbocycles. The Balaban J connectivity index is 1.85. The highest BCUT2D eigenvalue weighted by Crippen LogP contribution is 2.26. The van der Waals surface area contributed by atoms with Crippen LogP contribution in [0, 0.1) is 6.92 Å². The van der Waals surface area contributed by atoms with Crippen LogP contribution in [0.1, 0.15) is 31.4 Å². The van der Waals surface area contributed by atoms with Crippen LogP contribution in [0.2, 0.25) is 0 Å². The highest BCUT2D eigenvalue weighted by molar-refractivity contribution is 5.81. The van der Waals surface area contributed by atoms with E-state index in [-0.39, 0.29) is 0 Å². The van der Waals surface area contributed by atoms with Gasteiger partial charge in [-0.15, -0.1) is 0 Å². The van der Waals surface area contributed by atoms with E-state index in [1.54, 1.807) is 7.11 Å². The number of aryl methyl sites for hydroxylation is 2. The largest absolute Gasteiger partial charge is 0.379 e. The fourth-order valence-corrected chi connectivity index (χ4v) is 3.14. The van der Waals surface area contributed by atoms with Crippen molar-refractivity contribution in [1.82, 2.24) is 14.8 Å². The van der Waals surface area contributed by atoms with Crippen molar-refractivity contribution in [2.75, 3.05) is 12.4 Å². The zero-order chi connectivity index (χ0) is 14.1.